The summed E-state index contributed by atoms with van der Waals surface area (Å²) in [6.07, 6.45) is 2.71. The molecule has 0 aliphatic carbocycles. The molecule has 1 aliphatic rings. The van der Waals surface area contributed by atoms with Crippen LogP contribution in [0, 0.1) is 16.0 Å². The molecule has 2 rings (SSSR count). The van der Waals surface area contributed by atoms with Crippen LogP contribution >= 0.6 is 0 Å². The zero-order chi connectivity index (χ0) is 14.0. The average molecular weight is 262 g/mol. The molecule has 0 N–H and O–H groups in total. The average Bonchev–Trinajstić information content (AvgIpc) is 2.38. The number of piperidine rings is 1. The highest BCUT2D eigenvalue weighted by atomic mass is 16.6. The van der Waals surface area contributed by atoms with Gasteiger partial charge in [-0.05, 0) is 37.8 Å². The molecule has 1 aliphatic heterocycles. The first kappa shape index (κ1) is 13.5. The first-order valence-electron chi connectivity index (χ1n) is 6.53. The van der Waals surface area contributed by atoms with Crippen LogP contribution < -0.4 is 4.90 Å². The van der Waals surface area contributed by atoms with Crippen LogP contribution in [0.3, 0.4) is 0 Å². The number of carbonyl (C=O) groups is 1. The Bertz CT molecular complexity index is 501. The number of rotatable bonds is 3. The maximum Gasteiger partial charge on any atom is 0.293 e. The molecular formula is C14H18N2O3. The van der Waals surface area contributed by atoms with Crippen molar-refractivity contribution in [3.63, 3.8) is 0 Å². The van der Waals surface area contributed by atoms with E-state index in [1.165, 1.54) is 6.07 Å². The number of aldehydes is 1. The van der Waals surface area contributed by atoms with Crippen LogP contribution in [-0.2, 0) is 0 Å². The summed E-state index contributed by atoms with van der Waals surface area (Å²) in [4.78, 5) is 23.6. The summed E-state index contributed by atoms with van der Waals surface area (Å²) in [6.45, 7) is 5.12. The monoisotopic (exact) mass is 262 g/mol. The zero-order valence-electron chi connectivity index (χ0n) is 11.2. The summed E-state index contributed by atoms with van der Waals surface area (Å²) in [5.74, 6) is 0.652. The second-order valence-electron chi connectivity index (χ2n) is 5.30. The van der Waals surface area contributed by atoms with Crippen LogP contribution in [0.4, 0.5) is 11.4 Å². The third kappa shape index (κ3) is 2.75. The minimum absolute atomic E-state index is 0.0194. The highest BCUT2D eigenvalue weighted by Gasteiger charge is 2.28. The lowest BCUT2D eigenvalue weighted by atomic mass is 9.92. The number of anilines is 1. The first-order chi connectivity index (χ1) is 9.02. The van der Waals surface area contributed by atoms with Crippen molar-refractivity contribution in [2.24, 2.45) is 5.92 Å². The molecule has 2 unspecified atom stereocenters. The molecule has 102 valence electrons. The molecule has 1 fully saturated rings. The molecule has 19 heavy (non-hydrogen) atoms. The lowest BCUT2D eigenvalue weighted by molar-refractivity contribution is -0.384. The standard InChI is InChI=1S/C14H18N2O3/c1-10-5-6-15(11(2)7-10)13-4-3-12(9-17)8-14(13)16(18)19/h3-4,8-11H,5-7H2,1-2H3. The fourth-order valence-electron chi connectivity index (χ4n) is 2.77. The van der Waals surface area contributed by atoms with Gasteiger partial charge in [-0.15, -0.1) is 0 Å². The van der Waals surface area contributed by atoms with Crippen molar-refractivity contribution >= 4 is 17.7 Å². The number of nitro groups is 1. The lowest BCUT2D eigenvalue weighted by Crippen LogP contribution is -2.40. The predicted molar refractivity (Wildman–Crippen MR) is 73.7 cm³/mol. The van der Waals surface area contributed by atoms with E-state index >= 15 is 0 Å². The zero-order valence-corrected chi connectivity index (χ0v) is 11.2. The maximum atomic E-state index is 11.2. The SMILES string of the molecule is CC1CCN(c2ccc(C=O)cc2[N+](=O)[O-])C(C)C1. The fraction of sp³-hybridized carbons (Fsp3) is 0.500. The molecular weight excluding hydrogens is 244 g/mol. The largest absolute Gasteiger partial charge is 0.363 e. The van der Waals surface area contributed by atoms with E-state index in [9.17, 15) is 14.9 Å². The molecule has 0 bridgehead atoms. The Balaban J connectivity index is 2.38. The van der Waals surface area contributed by atoms with E-state index in [4.69, 9.17) is 0 Å². The first-order valence-corrected chi connectivity index (χ1v) is 6.53. The van der Waals surface area contributed by atoms with Gasteiger partial charge in [0.2, 0.25) is 0 Å². The third-order valence-electron chi connectivity index (χ3n) is 3.78. The molecule has 0 amide bonds. The van der Waals surface area contributed by atoms with Crippen LogP contribution in [0.15, 0.2) is 18.2 Å². The van der Waals surface area contributed by atoms with Gasteiger partial charge in [-0.1, -0.05) is 6.92 Å². The van der Waals surface area contributed by atoms with Crippen LogP contribution in [0.2, 0.25) is 0 Å². The molecule has 0 radical (unpaired) electrons. The van der Waals surface area contributed by atoms with Crippen LogP contribution in [0.5, 0.6) is 0 Å². The highest BCUT2D eigenvalue weighted by molar-refractivity contribution is 5.79. The highest BCUT2D eigenvalue weighted by Crippen LogP contribution is 2.34. The second kappa shape index (κ2) is 5.38. The number of hydrogen-bond acceptors (Lipinski definition) is 4. The lowest BCUT2D eigenvalue weighted by Gasteiger charge is -2.37. The third-order valence-corrected chi connectivity index (χ3v) is 3.78. The number of nitro benzene ring substituents is 1. The Kier molecular flexibility index (Phi) is 3.83. The molecule has 2 atom stereocenters. The second-order valence-corrected chi connectivity index (χ2v) is 5.30. The van der Waals surface area contributed by atoms with Gasteiger partial charge >= 0.3 is 0 Å². The van der Waals surface area contributed by atoms with Crippen molar-refractivity contribution in [1.82, 2.24) is 0 Å². The van der Waals surface area contributed by atoms with E-state index < -0.39 is 4.92 Å². The minimum atomic E-state index is -0.410. The van der Waals surface area contributed by atoms with Crippen LogP contribution in [0.1, 0.15) is 37.0 Å². The maximum absolute atomic E-state index is 11.2. The normalized spacial score (nSPS) is 23.2. The van der Waals surface area contributed by atoms with Gasteiger partial charge < -0.3 is 4.90 Å². The molecule has 1 aromatic carbocycles. The summed E-state index contributed by atoms with van der Waals surface area (Å²) in [5, 5.41) is 11.2. The summed E-state index contributed by atoms with van der Waals surface area (Å²) >= 11 is 0. The number of hydrogen-bond donors (Lipinski definition) is 0. The summed E-state index contributed by atoms with van der Waals surface area (Å²) < 4.78 is 0. The van der Waals surface area contributed by atoms with Gasteiger partial charge in [0.05, 0.1) is 4.92 Å². The number of nitrogens with zero attached hydrogens (tertiary/aromatic N) is 2. The van der Waals surface area contributed by atoms with Gasteiger partial charge in [0.1, 0.15) is 12.0 Å². The summed E-state index contributed by atoms with van der Waals surface area (Å²) in [6, 6.07) is 4.96. The van der Waals surface area contributed by atoms with E-state index in [2.05, 4.69) is 18.7 Å². The van der Waals surface area contributed by atoms with E-state index in [1.807, 2.05) is 0 Å². The molecule has 5 heteroatoms. The molecule has 1 aromatic rings. The fourth-order valence-corrected chi connectivity index (χ4v) is 2.77. The van der Waals surface area contributed by atoms with Gasteiger partial charge in [0.15, 0.2) is 0 Å². The van der Waals surface area contributed by atoms with E-state index in [0.717, 1.165) is 19.4 Å². The van der Waals surface area contributed by atoms with E-state index in [1.54, 1.807) is 12.1 Å². The van der Waals surface area contributed by atoms with Crippen molar-refractivity contribution < 1.29 is 9.72 Å². The smallest absolute Gasteiger partial charge is 0.293 e. The van der Waals surface area contributed by atoms with Crippen molar-refractivity contribution in [3.05, 3.63) is 33.9 Å². The van der Waals surface area contributed by atoms with Crippen molar-refractivity contribution in [2.45, 2.75) is 32.7 Å². The van der Waals surface area contributed by atoms with Gasteiger partial charge in [-0.3, -0.25) is 14.9 Å². The molecule has 1 saturated heterocycles. The molecule has 0 saturated carbocycles. The Labute approximate surface area is 112 Å². The molecule has 0 aromatic heterocycles. The van der Waals surface area contributed by atoms with E-state index in [0.29, 0.717) is 23.5 Å². The summed E-state index contributed by atoms with van der Waals surface area (Å²) in [7, 11) is 0. The van der Waals surface area contributed by atoms with Crippen LogP contribution in [-0.4, -0.2) is 23.8 Å². The predicted octanol–water partition coefficient (Wildman–Crippen LogP) is 3.03. The van der Waals surface area contributed by atoms with Crippen molar-refractivity contribution in [3.8, 4) is 0 Å². The number of carbonyl (C=O) groups excluding carboxylic acids is 1. The Hall–Kier alpha value is -1.91. The van der Waals surface area contributed by atoms with Crippen molar-refractivity contribution in [1.29, 1.82) is 0 Å². The Morgan fingerprint density at radius 2 is 2.16 bits per heavy atom. The molecule has 1 heterocycles. The molecule has 5 nitrogen and oxygen atoms in total. The molecule has 0 spiro atoms. The van der Waals surface area contributed by atoms with Gasteiger partial charge in [0.25, 0.3) is 5.69 Å². The topological polar surface area (TPSA) is 63.5 Å². The van der Waals surface area contributed by atoms with Crippen molar-refractivity contribution in [2.75, 3.05) is 11.4 Å². The van der Waals surface area contributed by atoms with Gasteiger partial charge in [-0.2, -0.15) is 0 Å². The quantitative estimate of drug-likeness (QED) is 0.477. The number of benzene rings is 1. The van der Waals surface area contributed by atoms with Crippen LogP contribution in [0.25, 0.3) is 0 Å². The Morgan fingerprint density at radius 3 is 2.74 bits per heavy atom. The Morgan fingerprint density at radius 1 is 1.42 bits per heavy atom. The van der Waals surface area contributed by atoms with E-state index in [-0.39, 0.29) is 11.7 Å². The van der Waals surface area contributed by atoms with Gasteiger partial charge in [0, 0.05) is 24.2 Å². The summed E-state index contributed by atoms with van der Waals surface area (Å²) in [5.41, 5.74) is 0.981. The minimum Gasteiger partial charge on any atom is -0.363 e. The van der Waals surface area contributed by atoms with Gasteiger partial charge in [-0.25, -0.2) is 0 Å².